The van der Waals surface area contributed by atoms with Gasteiger partial charge >= 0.3 is 0 Å². The summed E-state index contributed by atoms with van der Waals surface area (Å²) >= 11 is 3.98. The van der Waals surface area contributed by atoms with Crippen LogP contribution in [0.2, 0.25) is 0 Å². The Morgan fingerprint density at radius 1 is 1.33 bits per heavy atom. The van der Waals surface area contributed by atoms with Gasteiger partial charge in [-0.25, -0.2) is 0 Å². The molecule has 0 bridgehead atoms. The fourth-order valence-corrected chi connectivity index (χ4v) is 5.93. The Labute approximate surface area is 124 Å². The molecule has 1 heterocycles. The predicted octanol–water partition coefficient (Wildman–Crippen LogP) is -1.91. The third-order valence-electron chi connectivity index (χ3n) is 2.21. The molecule has 4 unspecified atom stereocenters. The summed E-state index contributed by atoms with van der Waals surface area (Å²) in [5.74, 6) is 0. The van der Waals surface area contributed by atoms with Crippen molar-refractivity contribution in [2.75, 3.05) is 6.61 Å². The molecular formula is C6H12O11P3S-3. The minimum atomic E-state index is -5.55. The first kappa shape index (κ1) is 19.8. The molecule has 1 aliphatic heterocycles. The Balaban J connectivity index is 2.56. The average Bonchev–Trinajstić information content (AvgIpc) is 2.48. The van der Waals surface area contributed by atoms with Crippen LogP contribution in [0.4, 0.5) is 0 Å². The normalized spacial score (nSPS) is 34.9. The summed E-state index contributed by atoms with van der Waals surface area (Å²) in [6.07, 6.45) is -1.97. The number of ether oxygens (including phenoxy) is 1. The number of rotatable bonds is 7. The minimum absolute atomic E-state index is 0.268. The monoisotopic (exact) mass is 385 g/mol. The molecule has 15 heteroatoms. The number of hydrogen-bond acceptors (Lipinski definition) is 11. The van der Waals surface area contributed by atoms with Crippen molar-refractivity contribution in [1.29, 1.82) is 0 Å². The molecule has 0 aromatic carbocycles. The van der Waals surface area contributed by atoms with Crippen molar-refractivity contribution in [2.45, 2.75) is 31.7 Å². The van der Waals surface area contributed by atoms with Crippen LogP contribution in [0.3, 0.4) is 0 Å². The van der Waals surface area contributed by atoms with E-state index in [1.165, 1.54) is 0 Å². The first-order chi connectivity index (χ1) is 9.30. The van der Waals surface area contributed by atoms with E-state index < -0.39 is 41.2 Å². The van der Waals surface area contributed by atoms with E-state index in [1.54, 1.807) is 6.92 Å². The zero-order valence-electron chi connectivity index (χ0n) is 10.5. The van der Waals surface area contributed by atoms with Crippen molar-refractivity contribution in [3.05, 3.63) is 0 Å². The molecule has 0 aromatic rings. The molecule has 126 valence electrons. The number of phosphoric acid groups is 2. The highest BCUT2D eigenvalue weighted by molar-refractivity contribution is 8.09. The summed E-state index contributed by atoms with van der Waals surface area (Å²) in [5.41, 5.74) is 0. The lowest BCUT2D eigenvalue weighted by Crippen LogP contribution is -2.27. The van der Waals surface area contributed by atoms with E-state index in [2.05, 4.69) is 25.0 Å². The van der Waals surface area contributed by atoms with Crippen LogP contribution in [0.15, 0.2) is 0 Å². The van der Waals surface area contributed by atoms with Crippen molar-refractivity contribution in [1.82, 2.24) is 0 Å². The summed E-state index contributed by atoms with van der Waals surface area (Å²) in [5, 5.41) is 9.49. The maximum atomic E-state index is 11.3. The van der Waals surface area contributed by atoms with E-state index in [0.29, 0.717) is 0 Å². The van der Waals surface area contributed by atoms with Crippen molar-refractivity contribution < 1.29 is 51.7 Å². The van der Waals surface area contributed by atoms with Gasteiger partial charge in [0.15, 0.2) is 0 Å². The fourth-order valence-electron chi connectivity index (χ4n) is 1.54. The van der Waals surface area contributed by atoms with Gasteiger partial charge in [0.1, 0.15) is 12.8 Å². The van der Waals surface area contributed by atoms with Gasteiger partial charge in [-0.05, 0) is 6.92 Å². The van der Waals surface area contributed by atoms with Crippen LogP contribution >= 0.6 is 22.4 Å². The van der Waals surface area contributed by atoms with Crippen molar-refractivity contribution in [2.24, 2.45) is 0 Å². The van der Waals surface area contributed by atoms with Gasteiger partial charge in [0.2, 0.25) is 0 Å². The summed E-state index contributed by atoms with van der Waals surface area (Å²) in [7, 11) is -10.9. The van der Waals surface area contributed by atoms with Gasteiger partial charge in [-0.2, -0.15) is 0 Å². The molecule has 11 nitrogen and oxygen atoms in total. The highest BCUT2D eigenvalue weighted by atomic mass is 32.5. The fraction of sp³-hybridized carbons (Fsp3) is 1.00. The summed E-state index contributed by atoms with van der Waals surface area (Å²) in [6.45, 7) is -4.08. The smallest absolute Gasteiger partial charge is 0.272 e. The standard InChI is InChI=1S/C6H15O11P3S/c1-4-2-5(7)6(15-4)3-14-19(11,12)17-20(13,21)16-18(8,9)10/h4-7H,2-3H2,1H3,(H,11,12)(H,13,21)(H2,8,9,10)/p-3/t4-,5?,6+,20?/m0/s1. The van der Waals surface area contributed by atoms with Crippen molar-refractivity contribution >= 4 is 34.2 Å². The molecule has 0 spiro atoms. The molecule has 0 aliphatic carbocycles. The second-order valence-corrected chi connectivity index (χ2v) is 9.74. The number of aliphatic hydroxyl groups is 1. The molecule has 1 fully saturated rings. The Kier molecular flexibility index (Phi) is 6.70. The third kappa shape index (κ3) is 7.71. The first-order valence-corrected chi connectivity index (χ1v) is 10.9. The van der Waals surface area contributed by atoms with Crippen LogP contribution in [0, 0.1) is 0 Å². The van der Waals surface area contributed by atoms with E-state index >= 15 is 0 Å². The third-order valence-corrected chi connectivity index (χ3v) is 7.10. The zero-order chi connectivity index (χ0) is 16.5. The molecule has 6 atom stereocenters. The summed E-state index contributed by atoms with van der Waals surface area (Å²) in [6, 6.07) is 0. The molecule has 2 N–H and O–H groups in total. The second kappa shape index (κ2) is 7.11. The van der Waals surface area contributed by atoms with Crippen LogP contribution in [-0.2, 0) is 38.8 Å². The van der Waals surface area contributed by atoms with Crippen LogP contribution < -0.4 is 14.7 Å². The first-order valence-electron chi connectivity index (χ1n) is 5.36. The number of phosphoric ester groups is 1. The van der Waals surface area contributed by atoms with E-state index in [-0.39, 0.29) is 12.5 Å². The maximum Gasteiger partial charge on any atom is 0.272 e. The summed E-state index contributed by atoms with van der Waals surface area (Å²) < 4.78 is 38.3. The average molecular weight is 385 g/mol. The van der Waals surface area contributed by atoms with Gasteiger partial charge in [0, 0.05) is 6.42 Å². The van der Waals surface area contributed by atoms with E-state index in [1.807, 2.05) is 0 Å². The molecule has 1 rings (SSSR count). The number of hydrogen-bond donors (Lipinski definition) is 2. The van der Waals surface area contributed by atoms with Gasteiger partial charge in [-0.1, -0.05) is 11.8 Å². The minimum Gasteiger partial charge on any atom is -0.779 e. The van der Waals surface area contributed by atoms with Crippen LogP contribution in [0.1, 0.15) is 13.3 Å². The predicted molar refractivity (Wildman–Crippen MR) is 64.8 cm³/mol. The van der Waals surface area contributed by atoms with E-state index in [9.17, 15) is 28.9 Å². The van der Waals surface area contributed by atoms with Crippen LogP contribution in [0.5, 0.6) is 0 Å². The quantitative estimate of drug-likeness (QED) is 0.465. The molecule has 0 saturated carbocycles. The molecule has 21 heavy (non-hydrogen) atoms. The highest BCUT2D eigenvalue weighted by Crippen LogP contribution is 2.61. The SMILES string of the molecule is C[C@H]1CC(O)[C@@H](COP(=O)([O-])OP([O-])(=S)OP(=O)([O-])O)O1. The zero-order valence-corrected chi connectivity index (χ0v) is 14.0. The molecule has 0 amide bonds. The lowest BCUT2D eigenvalue weighted by atomic mass is 10.1. The highest BCUT2D eigenvalue weighted by Gasteiger charge is 2.33. The molecule has 1 aliphatic rings. The van der Waals surface area contributed by atoms with E-state index in [4.69, 9.17) is 9.63 Å². The summed E-state index contributed by atoms with van der Waals surface area (Å²) in [4.78, 5) is 41.2. The van der Waals surface area contributed by atoms with Gasteiger partial charge in [0.05, 0.1) is 18.8 Å². The van der Waals surface area contributed by atoms with Crippen molar-refractivity contribution in [3.8, 4) is 0 Å². The Bertz CT molecular complexity index is 504. The van der Waals surface area contributed by atoms with Gasteiger partial charge in [-0.15, -0.1) is 0 Å². The molecule has 1 saturated heterocycles. The van der Waals surface area contributed by atoms with Gasteiger partial charge < -0.3 is 33.9 Å². The Morgan fingerprint density at radius 3 is 2.33 bits per heavy atom. The molecular weight excluding hydrogens is 373 g/mol. The Hall–Kier alpha value is 0.750. The lowest BCUT2D eigenvalue weighted by Gasteiger charge is -2.36. The second-order valence-electron chi connectivity index (χ2n) is 4.11. The van der Waals surface area contributed by atoms with Crippen LogP contribution in [0.25, 0.3) is 0 Å². The van der Waals surface area contributed by atoms with Crippen LogP contribution in [-0.4, -0.2) is 34.9 Å². The number of aliphatic hydroxyl groups excluding tert-OH is 1. The van der Waals surface area contributed by atoms with E-state index in [0.717, 1.165) is 0 Å². The molecule has 0 aromatic heterocycles. The molecule has 0 radical (unpaired) electrons. The van der Waals surface area contributed by atoms with Gasteiger partial charge in [0.25, 0.3) is 15.6 Å². The van der Waals surface area contributed by atoms with Crippen molar-refractivity contribution in [3.63, 3.8) is 0 Å². The lowest BCUT2D eigenvalue weighted by molar-refractivity contribution is -0.241. The maximum absolute atomic E-state index is 11.3. The van der Waals surface area contributed by atoms with Gasteiger partial charge in [-0.3, -0.25) is 17.8 Å². The topological polar surface area (TPSA) is 181 Å². The largest absolute Gasteiger partial charge is 0.779 e. The Morgan fingerprint density at radius 2 is 1.90 bits per heavy atom.